The fourth-order valence-electron chi connectivity index (χ4n) is 4.90. The summed E-state index contributed by atoms with van der Waals surface area (Å²) in [5.74, 6) is 1.25. The Balaban J connectivity index is 1.48. The third-order valence-corrected chi connectivity index (χ3v) is 8.91. The van der Waals surface area contributed by atoms with E-state index < -0.39 is 20.0 Å². The highest BCUT2D eigenvalue weighted by atomic mass is 32.2. The number of rotatable bonds is 8. The van der Waals surface area contributed by atoms with E-state index in [4.69, 9.17) is 4.99 Å². The average molecular weight is 641 g/mol. The molecule has 14 heteroatoms. The number of hydrazone groups is 1. The van der Waals surface area contributed by atoms with Crippen LogP contribution < -0.4 is 14.3 Å². The fraction of sp³-hybridized carbons (Fsp3) is 0.276. The second-order valence-electron chi connectivity index (χ2n) is 10.4. The van der Waals surface area contributed by atoms with Gasteiger partial charge in [0.05, 0.1) is 24.8 Å². The monoisotopic (exact) mass is 640 g/mol. The first-order valence-electron chi connectivity index (χ1n) is 13.4. The number of carbonyl (C=O) groups excluding carboxylic acids is 1. The van der Waals surface area contributed by atoms with E-state index in [9.17, 15) is 21.6 Å². The first-order valence-corrected chi connectivity index (χ1v) is 18.2. The van der Waals surface area contributed by atoms with E-state index >= 15 is 0 Å². The Bertz CT molecular complexity index is 1810. The molecule has 0 saturated heterocycles. The van der Waals surface area contributed by atoms with Crippen molar-refractivity contribution in [3.05, 3.63) is 89.0 Å². The van der Waals surface area contributed by atoms with Crippen molar-refractivity contribution in [1.82, 2.24) is 5.01 Å². The normalized spacial score (nSPS) is 16.0. The Morgan fingerprint density at radius 3 is 2.16 bits per heavy atom. The molecule has 1 amide bonds. The lowest BCUT2D eigenvalue weighted by Gasteiger charge is -2.33. The quantitative estimate of drug-likeness (QED) is 0.276. The molecule has 2 aliphatic rings. The Kier molecular flexibility index (Phi) is 8.81. The lowest BCUT2D eigenvalue weighted by Crippen LogP contribution is -2.36. The largest absolute Gasteiger partial charge is 0.326 e. The minimum Gasteiger partial charge on any atom is -0.326 e. The van der Waals surface area contributed by atoms with Crippen LogP contribution in [0.5, 0.6) is 0 Å². The second-order valence-corrected chi connectivity index (χ2v) is 14.8. The Morgan fingerprint density at radius 2 is 1.56 bits per heavy atom. The van der Waals surface area contributed by atoms with Crippen molar-refractivity contribution in [2.24, 2.45) is 10.1 Å². The minimum atomic E-state index is -3.42. The zero-order valence-corrected chi connectivity index (χ0v) is 26.4. The van der Waals surface area contributed by atoms with E-state index in [0.29, 0.717) is 23.7 Å². The Hall–Kier alpha value is -3.88. The lowest BCUT2D eigenvalue weighted by molar-refractivity contribution is 0.235. The number of amidine groups is 1. The van der Waals surface area contributed by atoms with Gasteiger partial charge in [0.1, 0.15) is 5.84 Å². The number of sulfonamides is 2. The molecule has 11 nitrogen and oxygen atoms in total. The van der Waals surface area contributed by atoms with Crippen LogP contribution in [0.15, 0.2) is 76.8 Å². The van der Waals surface area contributed by atoms with E-state index in [2.05, 4.69) is 31.6 Å². The maximum absolute atomic E-state index is 11.9. The number of carbonyl (C=O) groups is 1. The molecule has 0 saturated carbocycles. The van der Waals surface area contributed by atoms with Crippen LogP contribution in [0.3, 0.4) is 0 Å². The number of hydrogen-bond donors (Lipinski definition) is 2. The first kappa shape index (κ1) is 30.6. The van der Waals surface area contributed by atoms with Crippen LogP contribution in [0.2, 0.25) is 0 Å². The van der Waals surface area contributed by atoms with Crippen LogP contribution in [0, 0.1) is 0 Å². The highest BCUT2D eigenvalue weighted by Gasteiger charge is 2.25. The molecule has 0 unspecified atom stereocenters. The molecule has 2 aliphatic heterocycles. The van der Waals surface area contributed by atoms with Gasteiger partial charge in [0.25, 0.3) is 0 Å². The molecule has 0 aromatic heterocycles. The van der Waals surface area contributed by atoms with Crippen LogP contribution in [0.25, 0.3) is 0 Å². The highest BCUT2D eigenvalue weighted by molar-refractivity contribution is 8.14. The minimum absolute atomic E-state index is 0.0761. The van der Waals surface area contributed by atoms with Crippen molar-refractivity contribution in [3.63, 3.8) is 0 Å². The first-order chi connectivity index (χ1) is 20.3. The fourth-order valence-corrected chi connectivity index (χ4v) is 6.75. The number of fused-ring (bicyclic) bond motifs is 1. The molecular formula is C29H32N6O5S3. The number of nitrogens with zero attached hydrogens (tertiary/aromatic N) is 4. The van der Waals surface area contributed by atoms with Gasteiger partial charge in [0.2, 0.25) is 20.0 Å². The number of amides is 1. The summed E-state index contributed by atoms with van der Waals surface area (Å²) >= 11 is 1.23. The van der Waals surface area contributed by atoms with Gasteiger partial charge in [-0.25, -0.2) is 21.8 Å². The standard InChI is InChI=1S/C29H32N6O5S3/c1-34-29(36)41-19-26(31-34)22-10-15-27-23(17-22)5-4-16-35(27)28(21-8-13-25(14-9-21)33-43(3,39)40)30-18-20-6-11-24(12-7-20)32-42(2,37)38/h6-15,17,32-33H,4-5,16,18-19H2,1-3H3. The van der Waals surface area contributed by atoms with Crippen molar-refractivity contribution >= 4 is 65.7 Å². The van der Waals surface area contributed by atoms with Crippen molar-refractivity contribution < 1.29 is 21.6 Å². The van der Waals surface area contributed by atoms with Gasteiger partial charge in [-0.1, -0.05) is 30.0 Å². The van der Waals surface area contributed by atoms with Crippen LogP contribution in [0.1, 0.15) is 28.7 Å². The summed E-state index contributed by atoms with van der Waals surface area (Å²) in [6, 6.07) is 20.4. The number of hydrogen-bond acceptors (Lipinski definition) is 8. The second kappa shape index (κ2) is 12.4. The van der Waals surface area contributed by atoms with E-state index in [1.807, 2.05) is 30.3 Å². The van der Waals surface area contributed by atoms with Gasteiger partial charge >= 0.3 is 5.24 Å². The van der Waals surface area contributed by atoms with E-state index in [1.54, 1.807) is 31.3 Å². The number of aliphatic imine (C=N–C) groups is 1. The highest BCUT2D eigenvalue weighted by Crippen LogP contribution is 2.31. The molecular weight excluding hydrogens is 609 g/mol. The van der Waals surface area contributed by atoms with Gasteiger partial charge < -0.3 is 4.90 Å². The predicted octanol–water partition coefficient (Wildman–Crippen LogP) is 4.33. The Labute approximate surface area is 256 Å². The van der Waals surface area contributed by atoms with Gasteiger partial charge in [-0.3, -0.25) is 19.2 Å². The molecule has 3 aromatic carbocycles. The molecule has 0 atom stereocenters. The number of anilines is 3. The van der Waals surface area contributed by atoms with Gasteiger partial charge in [-0.2, -0.15) is 5.10 Å². The molecule has 2 N–H and O–H groups in total. The maximum atomic E-state index is 11.9. The summed E-state index contributed by atoms with van der Waals surface area (Å²) in [5.41, 5.74) is 6.64. The van der Waals surface area contributed by atoms with Crippen molar-refractivity contribution in [1.29, 1.82) is 0 Å². The zero-order chi connectivity index (χ0) is 30.8. The summed E-state index contributed by atoms with van der Waals surface area (Å²) in [7, 11) is -5.14. The zero-order valence-electron chi connectivity index (χ0n) is 23.9. The van der Waals surface area contributed by atoms with E-state index in [1.165, 1.54) is 16.8 Å². The molecule has 3 aromatic rings. The average Bonchev–Trinajstić information content (AvgIpc) is 2.94. The third kappa shape index (κ3) is 7.94. The molecule has 0 bridgehead atoms. The third-order valence-electron chi connectivity index (χ3n) is 6.77. The van der Waals surface area contributed by atoms with Gasteiger partial charge in [-0.05, 0) is 78.1 Å². The van der Waals surface area contributed by atoms with Crippen LogP contribution >= 0.6 is 11.8 Å². The SMILES string of the molecule is CN1N=C(c2ccc3c(c2)CCCN3C(=NCc2ccc(NS(C)(=O)=O)cc2)c2ccc(NS(C)(=O)=O)cc2)CSC1=O. The number of benzene rings is 3. The van der Waals surface area contributed by atoms with Crippen molar-refractivity contribution in [3.8, 4) is 0 Å². The van der Waals surface area contributed by atoms with Gasteiger partial charge in [-0.15, -0.1) is 0 Å². The topological polar surface area (TPSA) is 141 Å². The smallest absolute Gasteiger partial charge is 0.301 e. The van der Waals surface area contributed by atoms with Crippen LogP contribution in [-0.2, 0) is 33.0 Å². The molecule has 5 rings (SSSR count). The molecule has 0 fully saturated rings. The maximum Gasteiger partial charge on any atom is 0.301 e. The molecule has 0 aliphatic carbocycles. The van der Waals surface area contributed by atoms with Crippen LogP contribution in [-0.4, -0.2) is 70.5 Å². The Morgan fingerprint density at radius 1 is 0.930 bits per heavy atom. The van der Waals surface area contributed by atoms with Crippen molar-refractivity contribution in [2.75, 3.05) is 46.2 Å². The van der Waals surface area contributed by atoms with Gasteiger partial charge in [0.15, 0.2) is 0 Å². The summed E-state index contributed by atoms with van der Waals surface area (Å²) in [6.07, 6.45) is 3.99. The number of aryl methyl sites for hydroxylation is 1. The molecule has 0 radical (unpaired) electrons. The van der Waals surface area contributed by atoms with Crippen LogP contribution in [0.4, 0.5) is 21.9 Å². The van der Waals surface area contributed by atoms with E-state index in [-0.39, 0.29) is 5.24 Å². The molecule has 0 spiro atoms. The van der Waals surface area contributed by atoms with Crippen molar-refractivity contribution in [2.45, 2.75) is 19.4 Å². The van der Waals surface area contributed by atoms with Gasteiger partial charge in [0, 0.05) is 42.0 Å². The number of nitrogens with one attached hydrogen (secondary N) is 2. The summed E-state index contributed by atoms with van der Waals surface area (Å²) < 4.78 is 51.6. The number of thioether (sulfide) groups is 1. The van der Waals surface area contributed by atoms with E-state index in [0.717, 1.165) is 71.4 Å². The summed E-state index contributed by atoms with van der Waals surface area (Å²) in [4.78, 5) is 19.1. The molecule has 43 heavy (non-hydrogen) atoms. The summed E-state index contributed by atoms with van der Waals surface area (Å²) in [6.45, 7) is 1.08. The predicted molar refractivity (Wildman–Crippen MR) is 174 cm³/mol. The molecule has 2 heterocycles. The molecule has 226 valence electrons. The summed E-state index contributed by atoms with van der Waals surface area (Å²) in [5, 5.41) is 5.75. The lowest BCUT2D eigenvalue weighted by atomic mass is 9.97.